The molecule has 5 heteroatoms. The fraction of sp³-hybridized carbons (Fsp3) is 0.200. The first kappa shape index (κ1) is 11.0. The zero-order chi connectivity index (χ0) is 11.3. The number of carbonyl (C=O) groups is 1. The molecule has 0 fully saturated rings. The van der Waals surface area contributed by atoms with Crippen molar-refractivity contribution in [1.82, 2.24) is 4.98 Å². The van der Waals surface area contributed by atoms with Crippen molar-refractivity contribution in [1.29, 1.82) is 0 Å². The molecule has 0 bridgehead atoms. The second kappa shape index (κ2) is 4.99. The third-order valence-electron chi connectivity index (χ3n) is 1.68. The van der Waals surface area contributed by atoms with Crippen LogP contribution in [0, 0.1) is 0 Å². The number of carboxylic acids is 1. The Morgan fingerprint density at radius 2 is 2.40 bits per heavy atom. The first-order valence-corrected chi connectivity index (χ1v) is 4.43. The van der Waals surface area contributed by atoms with Crippen molar-refractivity contribution in [2.75, 3.05) is 12.3 Å². The van der Waals surface area contributed by atoms with Crippen molar-refractivity contribution >= 4 is 17.9 Å². The summed E-state index contributed by atoms with van der Waals surface area (Å²) in [6, 6.07) is 2.98. The predicted molar refractivity (Wildman–Crippen MR) is 56.3 cm³/mol. The topological polar surface area (TPSA) is 85.4 Å². The summed E-state index contributed by atoms with van der Waals surface area (Å²) < 4.78 is 4.98. The van der Waals surface area contributed by atoms with Gasteiger partial charge in [0.05, 0.1) is 18.6 Å². The van der Waals surface area contributed by atoms with Gasteiger partial charge in [-0.05, 0) is 25.1 Å². The van der Waals surface area contributed by atoms with Crippen molar-refractivity contribution in [2.45, 2.75) is 6.92 Å². The molecule has 0 amide bonds. The van der Waals surface area contributed by atoms with Gasteiger partial charge in [-0.25, -0.2) is 9.78 Å². The summed E-state index contributed by atoms with van der Waals surface area (Å²) in [6.07, 6.45) is 3.10. The average Bonchev–Trinajstić information content (AvgIpc) is 2.17. The van der Waals surface area contributed by atoms with Crippen LogP contribution in [0.25, 0.3) is 6.08 Å². The summed E-state index contributed by atoms with van der Waals surface area (Å²) in [5.74, 6) is -1.08. The lowest BCUT2D eigenvalue weighted by atomic mass is 10.2. The molecule has 1 aromatic heterocycles. The molecule has 1 heterocycles. The van der Waals surface area contributed by atoms with Gasteiger partial charge in [-0.3, -0.25) is 0 Å². The van der Waals surface area contributed by atoms with Gasteiger partial charge in [-0.2, -0.15) is 0 Å². The van der Waals surface area contributed by atoms with E-state index >= 15 is 0 Å². The highest BCUT2D eigenvalue weighted by molar-refractivity contribution is 5.92. The molecule has 3 N–H and O–H groups in total. The fourth-order valence-electron chi connectivity index (χ4n) is 0.978. The molecule has 0 atom stereocenters. The molecule has 0 spiro atoms. The van der Waals surface area contributed by atoms with Crippen molar-refractivity contribution < 1.29 is 14.6 Å². The Morgan fingerprint density at radius 3 is 2.93 bits per heavy atom. The van der Waals surface area contributed by atoms with E-state index in [2.05, 4.69) is 4.98 Å². The molecule has 0 aliphatic carbocycles. The van der Waals surface area contributed by atoms with E-state index in [-0.39, 0.29) is 11.4 Å². The highest BCUT2D eigenvalue weighted by Gasteiger charge is 2.08. The van der Waals surface area contributed by atoms with Crippen molar-refractivity contribution in [3.05, 3.63) is 29.7 Å². The minimum Gasteiger partial charge on any atom is -0.501 e. The van der Waals surface area contributed by atoms with Crippen LogP contribution in [0.15, 0.2) is 18.4 Å². The van der Waals surface area contributed by atoms with E-state index in [0.717, 1.165) is 0 Å². The van der Waals surface area contributed by atoms with Gasteiger partial charge in [-0.1, -0.05) is 0 Å². The quantitative estimate of drug-likeness (QED) is 0.730. The van der Waals surface area contributed by atoms with Gasteiger partial charge in [0.25, 0.3) is 0 Å². The van der Waals surface area contributed by atoms with Gasteiger partial charge in [-0.15, -0.1) is 0 Å². The Morgan fingerprint density at radius 1 is 1.67 bits per heavy atom. The van der Waals surface area contributed by atoms with E-state index in [4.69, 9.17) is 15.6 Å². The van der Waals surface area contributed by atoms with Crippen LogP contribution in [0.1, 0.15) is 23.0 Å². The molecule has 0 saturated heterocycles. The molecule has 80 valence electrons. The highest BCUT2D eigenvalue weighted by Crippen LogP contribution is 2.10. The van der Waals surface area contributed by atoms with E-state index in [1.165, 1.54) is 12.3 Å². The molecule has 1 rings (SSSR count). The normalized spacial score (nSPS) is 10.5. The Labute approximate surface area is 87.2 Å². The van der Waals surface area contributed by atoms with Crippen LogP contribution in [-0.4, -0.2) is 22.7 Å². The number of nitrogens with two attached hydrogens (primary N) is 1. The number of pyridine rings is 1. The van der Waals surface area contributed by atoms with Gasteiger partial charge in [0.2, 0.25) is 0 Å². The van der Waals surface area contributed by atoms with Crippen LogP contribution in [0.2, 0.25) is 0 Å². The molecule has 0 aliphatic rings. The van der Waals surface area contributed by atoms with Gasteiger partial charge >= 0.3 is 5.97 Å². The lowest BCUT2D eigenvalue weighted by Crippen LogP contribution is -2.04. The Bertz CT molecular complexity index is 388. The van der Waals surface area contributed by atoms with Gasteiger partial charge < -0.3 is 15.6 Å². The lowest BCUT2D eigenvalue weighted by Gasteiger charge is -2.00. The number of nitrogen functional groups attached to an aromatic ring is 1. The number of ether oxygens (including phenoxy) is 1. The third kappa shape index (κ3) is 2.98. The van der Waals surface area contributed by atoms with E-state index in [1.54, 1.807) is 12.1 Å². The van der Waals surface area contributed by atoms with Gasteiger partial charge in [0, 0.05) is 0 Å². The summed E-state index contributed by atoms with van der Waals surface area (Å²) in [7, 11) is 0. The Hall–Kier alpha value is -2.04. The van der Waals surface area contributed by atoms with Crippen LogP contribution >= 0.6 is 0 Å². The zero-order valence-corrected chi connectivity index (χ0v) is 8.30. The summed E-state index contributed by atoms with van der Waals surface area (Å²) >= 11 is 0. The summed E-state index contributed by atoms with van der Waals surface area (Å²) in [4.78, 5) is 14.5. The summed E-state index contributed by atoms with van der Waals surface area (Å²) in [6.45, 7) is 2.43. The molecule has 15 heavy (non-hydrogen) atoms. The zero-order valence-electron chi connectivity index (χ0n) is 8.30. The number of hydrogen-bond acceptors (Lipinski definition) is 4. The predicted octanol–water partition coefficient (Wildman–Crippen LogP) is 1.37. The van der Waals surface area contributed by atoms with Crippen molar-refractivity contribution in [3.8, 4) is 0 Å². The molecule has 0 radical (unpaired) electrons. The Kier molecular flexibility index (Phi) is 3.68. The largest absolute Gasteiger partial charge is 0.501 e. The molecule has 0 saturated carbocycles. The maximum absolute atomic E-state index is 10.6. The number of carboxylic acid groups (broad SMARTS) is 1. The second-order valence-electron chi connectivity index (χ2n) is 2.73. The lowest BCUT2D eigenvalue weighted by molar-refractivity contribution is 0.0697. The van der Waals surface area contributed by atoms with E-state index in [9.17, 15) is 4.79 Å². The number of hydrogen-bond donors (Lipinski definition) is 2. The smallest absolute Gasteiger partial charge is 0.339 e. The molecule has 0 aromatic carbocycles. The number of aromatic carboxylic acids is 1. The monoisotopic (exact) mass is 208 g/mol. The first-order chi connectivity index (χ1) is 7.15. The number of anilines is 1. The average molecular weight is 208 g/mol. The molecular weight excluding hydrogens is 196 g/mol. The molecule has 0 aliphatic heterocycles. The first-order valence-electron chi connectivity index (χ1n) is 4.43. The van der Waals surface area contributed by atoms with Crippen molar-refractivity contribution in [2.24, 2.45) is 0 Å². The van der Waals surface area contributed by atoms with Gasteiger partial charge in [0.1, 0.15) is 11.4 Å². The van der Waals surface area contributed by atoms with E-state index < -0.39 is 5.97 Å². The Balaban J connectivity index is 2.87. The number of aromatic nitrogens is 1. The minimum atomic E-state index is -1.08. The van der Waals surface area contributed by atoms with Crippen LogP contribution in [0.3, 0.4) is 0 Å². The van der Waals surface area contributed by atoms with E-state index in [1.807, 2.05) is 6.92 Å². The number of nitrogens with zero attached hydrogens (tertiary/aromatic N) is 1. The number of rotatable bonds is 4. The standard InChI is InChI=1S/C10H12N2O3/c1-2-15-6-5-7-3-4-8(10(13)14)9(11)12-7/h3-6H,2H2,1H3,(H2,11,12)(H,13,14)/b6-5+. The SMILES string of the molecule is CCO/C=C/c1ccc(C(=O)O)c(N)n1. The van der Waals surface area contributed by atoms with Crippen molar-refractivity contribution in [3.63, 3.8) is 0 Å². The minimum absolute atomic E-state index is 0.00106. The summed E-state index contributed by atoms with van der Waals surface area (Å²) in [5.41, 5.74) is 6.02. The molecule has 1 aromatic rings. The van der Waals surface area contributed by atoms with Crippen LogP contribution in [0.4, 0.5) is 5.82 Å². The molecule has 5 nitrogen and oxygen atoms in total. The fourth-order valence-corrected chi connectivity index (χ4v) is 0.978. The van der Waals surface area contributed by atoms with Crippen LogP contribution in [-0.2, 0) is 4.74 Å². The highest BCUT2D eigenvalue weighted by atomic mass is 16.5. The molecule has 0 unspecified atom stereocenters. The summed E-state index contributed by atoms with van der Waals surface area (Å²) in [5, 5.41) is 8.71. The third-order valence-corrected chi connectivity index (χ3v) is 1.68. The van der Waals surface area contributed by atoms with Crippen LogP contribution in [0.5, 0.6) is 0 Å². The maximum Gasteiger partial charge on any atom is 0.339 e. The van der Waals surface area contributed by atoms with Crippen LogP contribution < -0.4 is 5.73 Å². The maximum atomic E-state index is 10.6. The van der Waals surface area contributed by atoms with E-state index in [0.29, 0.717) is 12.3 Å². The van der Waals surface area contributed by atoms with Gasteiger partial charge in [0.15, 0.2) is 0 Å². The second-order valence-corrected chi connectivity index (χ2v) is 2.73. The molecular formula is C10H12N2O3.